The summed E-state index contributed by atoms with van der Waals surface area (Å²) in [7, 11) is 0. The van der Waals surface area contributed by atoms with E-state index in [1.54, 1.807) is 6.21 Å². The molecule has 1 aromatic rings. The highest BCUT2D eigenvalue weighted by atomic mass is 19.1. The summed E-state index contributed by atoms with van der Waals surface area (Å²) in [6.45, 7) is 0.598. The molecule has 13 heavy (non-hydrogen) atoms. The van der Waals surface area contributed by atoms with Crippen LogP contribution in [0.1, 0.15) is 11.7 Å². The van der Waals surface area contributed by atoms with Crippen LogP contribution in [0.3, 0.4) is 0 Å². The smallest absolute Gasteiger partial charge is 0.130 e. The average molecular weight is 182 g/mol. The van der Waals surface area contributed by atoms with Crippen LogP contribution in [0.2, 0.25) is 0 Å². The fourth-order valence-electron chi connectivity index (χ4n) is 1.29. The van der Waals surface area contributed by atoms with Crippen molar-refractivity contribution in [1.82, 2.24) is 5.32 Å². The van der Waals surface area contributed by atoms with Crippen LogP contribution in [0.25, 0.3) is 0 Å². The second-order valence-corrected chi connectivity index (χ2v) is 2.81. The van der Waals surface area contributed by atoms with Gasteiger partial charge >= 0.3 is 0 Å². The molecule has 0 aromatic heterocycles. The molecule has 0 fully saturated rings. The van der Waals surface area contributed by atoms with E-state index in [2.05, 4.69) is 10.3 Å². The minimum atomic E-state index is -0.444. The van der Waals surface area contributed by atoms with Crippen molar-refractivity contribution in [3.8, 4) is 0 Å². The second kappa shape index (κ2) is 3.22. The topological polar surface area (TPSA) is 24.4 Å². The van der Waals surface area contributed by atoms with Gasteiger partial charge in [0.1, 0.15) is 17.8 Å². The van der Waals surface area contributed by atoms with Crippen LogP contribution in [0.15, 0.2) is 23.2 Å². The van der Waals surface area contributed by atoms with Gasteiger partial charge in [0.2, 0.25) is 0 Å². The lowest BCUT2D eigenvalue weighted by Crippen LogP contribution is -2.15. The molecule has 1 aliphatic heterocycles. The maximum atomic E-state index is 13.1. The zero-order valence-corrected chi connectivity index (χ0v) is 6.80. The summed E-state index contributed by atoms with van der Waals surface area (Å²) in [6, 6.07) is 3.37. The molecule has 0 amide bonds. The van der Waals surface area contributed by atoms with Gasteiger partial charge in [-0.2, -0.15) is 0 Å². The SMILES string of the molecule is Fc1ccc(F)c(C2N=CCN2)c1. The van der Waals surface area contributed by atoms with Gasteiger partial charge in [-0.15, -0.1) is 0 Å². The van der Waals surface area contributed by atoms with Crippen molar-refractivity contribution in [2.45, 2.75) is 6.17 Å². The summed E-state index contributed by atoms with van der Waals surface area (Å²) in [5, 5.41) is 2.91. The maximum Gasteiger partial charge on any atom is 0.130 e. The predicted molar refractivity (Wildman–Crippen MR) is 45.6 cm³/mol. The fraction of sp³-hybridized carbons (Fsp3) is 0.222. The summed E-state index contributed by atoms with van der Waals surface area (Å²) in [4.78, 5) is 3.97. The minimum absolute atomic E-state index is 0.258. The van der Waals surface area contributed by atoms with E-state index in [0.717, 1.165) is 18.2 Å². The first kappa shape index (κ1) is 8.31. The quantitative estimate of drug-likeness (QED) is 0.701. The molecule has 1 atom stereocenters. The van der Waals surface area contributed by atoms with Crippen molar-refractivity contribution in [2.24, 2.45) is 4.99 Å². The van der Waals surface area contributed by atoms with Gasteiger partial charge in [0.05, 0.1) is 0 Å². The van der Waals surface area contributed by atoms with Crippen LogP contribution in [-0.2, 0) is 0 Å². The van der Waals surface area contributed by atoms with Crippen molar-refractivity contribution in [3.63, 3.8) is 0 Å². The fourth-order valence-corrected chi connectivity index (χ4v) is 1.29. The van der Waals surface area contributed by atoms with E-state index < -0.39 is 17.8 Å². The molecule has 0 spiro atoms. The first-order valence-electron chi connectivity index (χ1n) is 3.97. The largest absolute Gasteiger partial charge is 0.287 e. The lowest BCUT2D eigenvalue weighted by atomic mass is 10.1. The monoisotopic (exact) mass is 182 g/mol. The Bertz CT molecular complexity index is 349. The summed E-state index contributed by atoms with van der Waals surface area (Å²) >= 11 is 0. The molecule has 0 saturated carbocycles. The number of hydrogen-bond donors (Lipinski definition) is 1. The molecule has 0 radical (unpaired) electrons. The van der Waals surface area contributed by atoms with Gasteiger partial charge in [0.15, 0.2) is 0 Å². The standard InChI is InChI=1S/C9H8F2N2/c10-6-1-2-8(11)7(5-6)9-12-3-4-13-9/h1-3,5,9,13H,4H2. The highest BCUT2D eigenvalue weighted by molar-refractivity contribution is 5.62. The van der Waals surface area contributed by atoms with E-state index in [1.807, 2.05) is 0 Å². The molecular weight excluding hydrogens is 174 g/mol. The Morgan fingerprint density at radius 2 is 2.23 bits per heavy atom. The lowest BCUT2D eigenvalue weighted by Gasteiger charge is -2.09. The third-order valence-corrected chi connectivity index (χ3v) is 1.91. The van der Waals surface area contributed by atoms with Crippen LogP contribution in [0, 0.1) is 11.6 Å². The van der Waals surface area contributed by atoms with Crippen molar-refractivity contribution in [1.29, 1.82) is 0 Å². The van der Waals surface area contributed by atoms with Crippen molar-refractivity contribution in [2.75, 3.05) is 6.54 Å². The molecule has 4 heteroatoms. The summed E-state index contributed by atoms with van der Waals surface area (Å²) in [6.07, 6.45) is 1.21. The molecule has 0 saturated heterocycles. The third kappa shape index (κ3) is 1.58. The van der Waals surface area contributed by atoms with E-state index in [0.29, 0.717) is 6.54 Å². The number of benzene rings is 1. The molecule has 1 aliphatic rings. The summed E-state index contributed by atoms with van der Waals surface area (Å²) in [5.41, 5.74) is 0.258. The lowest BCUT2D eigenvalue weighted by molar-refractivity contribution is 0.543. The Labute approximate surface area is 74.3 Å². The van der Waals surface area contributed by atoms with Crippen LogP contribution in [0.5, 0.6) is 0 Å². The van der Waals surface area contributed by atoms with E-state index >= 15 is 0 Å². The molecule has 68 valence electrons. The van der Waals surface area contributed by atoms with Gasteiger partial charge < -0.3 is 0 Å². The van der Waals surface area contributed by atoms with Crippen LogP contribution in [-0.4, -0.2) is 12.8 Å². The number of halogens is 2. The number of aliphatic imine (C=N–C) groups is 1. The molecular formula is C9H8F2N2. The Balaban J connectivity index is 2.37. The highest BCUT2D eigenvalue weighted by Gasteiger charge is 2.16. The van der Waals surface area contributed by atoms with Crippen LogP contribution < -0.4 is 5.32 Å². The number of nitrogens with zero attached hydrogens (tertiary/aromatic N) is 1. The van der Waals surface area contributed by atoms with Gasteiger partial charge in [-0.1, -0.05) is 0 Å². The Kier molecular flexibility index (Phi) is 2.06. The van der Waals surface area contributed by atoms with Crippen molar-refractivity contribution >= 4 is 6.21 Å². The van der Waals surface area contributed by atoms with Gasteiger partial charge in [0, 0.05) is 18.3 Å². The second-order valence-electron chi connectivity index (χ2n) is 2.81. The summed E-state index contributed by atoms with van der Waals surface area (Å²) in [5.74, 6) is -0.877. The predicted octanol–water partition coefficient (Wildman–Crippen LogP) is 1.64. The molecule has 1 aromatic carbocycles. The Morgan fingerprint density at radius 3 is 2.92 bits per heavy atom. The molecule has 0 bridgehead atoms. The van der Waals surface area contributed by atoms with Gasteiger partial charge in [-0.05, 0) is 18.2 Å². The van der Waals surface area contributed by atoms with Gasteiger partial charge in [0.25, 0.3) is 0 Å². The molecule has 1 N–H and O–H groups in total. The van der Waals surface area contributed by atoms with E-state index in [4.69, 9.17) is 0 Å². The molecule has 2 nitrogen and oxygen atoms in total. The van der Waals surface area contributed by atoms with Gasteiger partial charge in [-0.25, -0.2) is 8.78 Å². The number of hydrogen-bond acceptors (Lipinski definition) is 2. The van der Waals surface area contributed by atoms with Crippen molar-refractivity contribution < 1.29 is 8.78 Å². The molecule has 1 heterocycles. The zero-order chi connectivity index (χ0) is 9.26. The van der Waals surface area contributed by atoms with Crippen LogP contribution in [0.4, 0.5) is 8.78 Å². The molecule has 1 unspecified atom stereocenters. The molecule has 2 rings (SSSR count). The van der Waals surface area contributed by atoms with E-state index in [-0.39, 0.29) is 5.56 Å². The number of rotatable bonds is 1. The maximum absolute atomic E-state index is 13.1. The molecule has 0 aliphatic carbocycles. The third-order valence-electron chi connectivity index (χ3n) is 1.91. The van der Waals surface area contributed by atoms with Crippen molar-refractivity contribution in [3.05, 3.63) is 35.4 Å². The Morgan fingerprint density at radius 1 is 1.38 bits per heavy atom. The first-order valence-corrected chi connectivity index (χ1v) is 3.97. The Hall–Kier alpha value is -1.29. The first-order chi connectivity index (χ1) is 6.27. The zero-order valence-electron chi connectivity index (χ0n) is 6.80. The minimum Gasteiger partial charge on any atom is -0.287 e. The van der Waals surface area contributed by atoms with E-state index in [1.165, 1.54) is 0 Å². The normalized spacial score (nSPS) is 20.9. The highest BCUT2D eigenvalue weighted by Crippen LogP contribution is 2.20. The summed E-state index contributed by atoms with van der Waals surface area (Å²) < 4.78 is 25.9. The van der Waals surface area contributed by atoms with Gasteiger partial charge in [-0.3, -0.25) is 10.3 Å². The van der Waals surface area contributed by atoms with Crippen LogP contribution >= 0.6 is 0 Å². The van der Waals surface area contributed by atoms with E-state index in [9.17, 15) is 8.78 Å². The number of nitrogens with one attached hydrogen (secondary N) is 1. The average Bonchev–Trinajstić information content (AvgIpc) is 2.61.